The van der Waals surface area contributed by atoms with Crippen LogP contribution in [-0.4, -0.2) is 15.7 Å². The predicted octanol–water partition coefficient (Wildman–Crippen LogP) is 2.00. The maximum Gasteiger partial charge on any atom is 0.287 e. The molecule has 14 heavy (non-hydrogen) atoms. The van der Waals surface area contributed by atoms with Gasteiger partial charge in [-0.2, -0.15) is 5.26 Å². The summed E-state index contributed by atoms with van der Waals surface area (Å²) in [6, 6.07) is 5.00. The number of nitriles is 1. The monoisotopic (exact) mass is 209 g/mol. The van der Waals surface area contributed by atoms with Crippen LogP contribution in [0.5, 0.6) is 0 Å². The molecule has 0 fully saturated rings. The zero-order valence-electron chi connectivity index (χ0n) is 7.21. The van der Waals surface area contributed by atoms with Gasteiger partial charge in [-0.1, -0.05) is 0 Å². The molecule has 6 heteroatoms. The standard InChI is InChI=1S/C8H7N3O2S/c9-4-1-5-14-8-3-2-7(6-10-8)11(12)13/h2-3,6H,1,5H2. The van der Waals surface area contributed by atoms with Gasteiger partial charge in [-0.25, -0.2) is 4.98 Å². The van der Waals surface area contributed by atoms with E-state index >= 15 is 0 Å². The minimum atomic E-state index is -0.489. The highest BCUT2D eigenvalue weighted by Gasteiger charge is 2.04. The van der Waals surface area contributed by atoms with Gasteiger partial charge in [-0.15, -0.1) is 11.8 Å². The predicted molar refractivity (Wildman–Crippen MR) is 51.8 cm³/mol. The molecule has 0 atom stereocenters. The van der Waals surface area contributed by atoms with Crippen molar-refractivity contribution in [3.63, 3.8) is 0 Å². The fourth-order valence-corrected chi connectivity index (χ4v) is 1.46. The van der Waals surface area contributed by atoms with E-state index in [0.29, 0.717) is 17.2 Å². The van der Waals surface area contributed by atoms with E-state index in [1.165, 1.54) is 24.0 Å². The van der Waals surface area contributed by atoms with E-state index < -0.39 is 4.92 Å². The molecule has 0 N–H and O–H groups in total. The molecule has 0 aliphatic carbocycles. The van der Waals surface area contributed by atoms with Crippen LogP contribution in [0.3, 0.4) is 0 Å². The van der Waals surface area contributed by atoms with Gasteiger partial charge in [0.05, 0.1) is 16.0 Å². The second-order valence-electron chi connectivity index (χ2n) is 2.37. The molecule has 0 unspecified atom stereocenters. The van der Waals surface area contributed by atoms with Crippen molar-refractivity contribution < 1.29 is 4.92 Å². The summed E-state index contributed by atoms with van der Waals surface area (Å²) in [6.45, 7) is 0. The van der Waals surface area contributed by atoms with Gasteiger partial charge in [0.25, 0.3) is 5.69 Å². The van der Waals surface area contributed by atoms with Crippen molar-refractivity contribution in [3.05, 3.63) is 28.4 Å². The normalized spacial score (nSPS) is 9.36. The molecule has 1 rings (SSSR count). The van der Waals surface area contributed by atoms with Crippen molar-refractivity contribution in [1.82, 2.24) is 4.98 Å². The molecule has 1 aromatic heterocycles. The van der Waals surface area contributed by atoms with Crippen LogP contribution in [0.1, 0.15) is 6.42 Å². The molecule has 0 aliphatic heterocycles. The first-order valence-electron chi connectivity index (χ1n) is 3.84. The third kappa shape index (κ3) is 3.03. The first kappa shape index (κ1) is 10.5. The Hall–Kier alpha value is -1.61. The van der Waals surface area contributed by atoms with Gasteiger partial charge in [0.15, 0.2) is 0 Å². The Labute approximate surface area is 84.9 Å². The molecule has 72 valence electrons. The van der Waals surface area contributed by atoms with Crippen LogP contribution in [0.4, 0.5) is 5.69 Å². The van der Waals surface area contributed by atoms with Crippen LogP contribution in [0.15, 0.2) is 23.4 Å². The number of rotatable bonds is 4. The van der Waals surface area contributed by atoms with Gasteiger partial charge >= 0.3 is 0 Å². The highest BCUT2D eigenvalue weighted by atomic mass is 32.2. The molecule has 0 saturated carbocycles. The largest absolute Gasteiger partial charge is 0.287 e. The van der Waals surface area contributed by atoms with Gasteiger partial charge in [0.2, 0.25) is 0 Å². The third-order valence-corrected chi connectivity index (χ3v) is 2.34. The second-order valence-corrected chi connectivity index (χ2v) is 3.48. The van der Waals surface area contributed by atoms with E-state index in [-0.39, 0.29) is 5.69 Å². The number of hydrogen-bond donors (Lipinski definition) is 0. The number of nitrogens with zero attached hydrogens (tertiary/aromatic N) is 3. The highest BCUT2D eigenvalue weighted by molar-refractivity contribution is 7.99. The molecule has 1 heterocycles. The van der Waals surface area contributed by atoms with Crippen molar-refractivity contribution in [2.45, 2.75) is 11.4 Å². The summed E-state index contributed by atoms with van der Waals surface area (Å²) >= 11 is 1.41. The minimum Gasteiger partial charge on any atom is -0.258 e. The van der Waals surface area contributed by atoms with Crippen LogP contribution < -0.4 is 0 Å². The zero-order valence-corrected chi connectivity index (χ0v) is 8.03. The van der Waals surface area contributed by atoms with E-state index in [2.05, 4.69) is 4.98 Å². The summed E-state index contributed by atoms with van der Waals surface area (Å²) < 4.78 is 0. The number of hydrogen-bond acceptors (Lipinski definition) is 5. The Morgan fingerprint density at radius 1 is 1.64 bits per heavy atom. The first-order chi connectivity index (χ1) is 6.74. The summed E-state index contributed by atoms with van der Waals surface area (Å²) in [4.78, 5) is 13.7. The summed E-state index contributed by atoms with van der Waals surface area (Å²) in [5.74, 6) is 0.654. The minimum absolute atomic E-state index is 0.0189. The van der Waals surface area contributed by atoms with Gasteiger partial charge in [0, 0.05) is 18.2 Å². The van der Waals surface area contributed by atoms with E-state index in [0.717, 1.165) is 0 Å². The quantitative estimate of drug-likeness (QED) is 0.328. The summed E-state index contributed by atoms with van der Waals surface area (Å²) in [5, 5.41) is 19.3. The van der Waals surface area contributed by atoms with Gasteiger partial charge < -0.3 is 0 Å². The molecule has 0 amide bonds. The van der Waals surface area contributed by atoms with E-state index in [1.54, 1.807) is 6.07 Å². The smallest absolute Gasteiger partial charge is 0.258 e. The van der Waals surface area contributed by atoms with Crippen LogP contribution in [0.2, 0.25) is 0 Å². The van der Waals surface area contributed by atoms with Crippen molar-refractivity contribution >= 4 is 17.4 Å². The molecule has 1 aromatic rings. The third-order valence-electron chi connectivity index (χ3n) is 1.40. The Morgan fingerprint density at radius 3 is 2.93 bits per heavy atom. The molecule has 0 aliphatic rings. The highest BCUT2D eigenvalue weighted by Crippen LogP contribution is 2.18. The SMILES string of the molecule is N#CCCSc1ccc([N+](=O)[O-])cn1. The zero-order chi connectivity index (χ0) is 10.4. The number of pyridine rings is 1. The second kappa shape index (κ2) is 5.19. The number of thioether (sulfide) groups is 1. The molecule has 5 nitrogen and oxygen atoms in total. The molecule has 0 aromatic carbocycles. The molecular weight excluding hydrogens is 202 g/mol. The molecule has 0 spiro atoms. The molecule has 0 saturated heterocycles. The summed E-state index contributed by atoms with van der Waals surface area (Å²) in [6.07, 6.45) is 1.66. The summed E-state index contributed by atoms with van der Waals surface area (Å²) in [5.41, 5.74) is -0.0189. The van der Waals surface area contributed by atoms with Crippen LogP contribution >= 0.6 is 11.8 Å². The lowest BCUT2D eigenvalue weighted by Gasteiger charge is -1.96. The van der Waals surface area contributed by atoms with Crippen LogP contribution in [0, 0.1) is 21.4 Å². The van der Waals surface area contributed by atoms with Gasteiger partial charge in [-0.05, 0) is 6.07 Å². The Balaban J connectivity index is 2.56. The number of aromatic nitrogens is 1. The van der Waals surface area contributed by atoms with Crippen LogP contribution in [-0.2, 0) is 0 Å². The maximum atomic E-state index is 10.3. The maximum absolute atomic E-state index is 10.3. The average Bonchev–Trinajstić information content (AvgIpc) is 2.19. The summed E-state index contributed by atoms with van der Waals surface area (Å²) in [7, 11) is 0. The average molecular weight is 209 g/mol. The van der Waals surface area contributed by atoms with E-state index in [1.807, 2.05) is 6.07 Å². The van der Waals surface area contributed by atoms with Crippen molar-refractivity contribution in [3.8, 4) is 6.07 Å². The topological polar surface area (TPSA) is 79.8 Å². The van der Waals surface area contributed by atoms with Crippen LogP contribution in [0.25, 0.3) is 0 Å². The van der Waals surface area contributed by atoms with Crippen molar-refractivity contribution in [2.75, 3.05) is 5.75 Å². The fourth-order valence-electron chi connectivity index (χ4n) is 0.767. The van der Waals surface area contributed by atoms with E-state index in [4.69, 9.17) is 5.26 Å². The van der Waals surface area contributed by atoms with Crippen molar-refractivity contribution in [1.29, 1.82) is 5.26 Å². The Morgan fingerprint density at radius 2 is 2.43 bits per heavy atom. The Bertz CT molecular complexity index is 358. The lowest BCUT2D eigenvalue weighted by atomic mass is 10.4. The molecule has 0 bridgehead atoms. The van der Waals surface area contributed by atoms with Gasteiger partial charge in [0.1, 0.15) is 6.20 Å². The van der Waals surface area contributed by atoms with E-state index in [9.17, 15) is 10.1 Å². The molecular formula is C8H7N3O2S. The first-order valence-corrected chi connectivity index (χ1v) is 4.83. The molecule has 0 radical (unpaired) electrons. The lowest BCUT2D eigenvalue weighted by Crippen LogP contribution is -1.89. The van der Waals surface area contributed by atoms with Crippen molar-refractivity contribution in [2.24, 2.45) is 0 Å². The fraction of sp³-hybridized carbons (Fsp3) is 0.250. The lowest BCUT2D eigenvalue weighted by molar-refractivity contribution is -0.385. The Kier molecular flexibility index (Phi) is 3.88. The van der Waals surface area contributed by atoms with Gasteiger partial charge in [-0.3, -0.25) is 10.1 Å². The number of nitro groups is 1.